The van der Waals surface area contributed by atoms with Crippen LogP contribution in [0.1, 0.15) is 15.9 Å². The highest BCUT2D eigenvalue weighted by Gasteiger charge is 2.16. The van der Waals surface area contributed by atoms with E-state index in [0.29, 0.717) is 16.5 Å². The number of carbonyl (C=O) groups is 1. The number of carbonyl (C=O) groups excluding carboxylic acids is 1. The molecule has 0 aliphatic heterocycles. The predicted octanol–water partition coefficient (Wildman–Crippen LogP) is 3.17. The average molecular weight is 354 g/mol. The first-order chi connectivity index (χ1) is 12.1. The number of pyridine rings is 1. The first-order valence-electron chi connectivity index (χ1n) is 7.70. The quantitative estimate of drug-likeness (QED) is 0.500. The van der Waals surface area contributed by atoms with E-state index in [1.54, 1.807) is 19.5 Å². The lowest BCUT2D eigenvalue weighted by molar-refractivity contribution is 0.101. The van der Waals surface area contributed by atoms with E-state index in [-0.39, 0.29) is 11.5 Å². The van der Waals surface area contributed by atoms with Crippen molar-refractivity contribution < 1.29 is 9.53 Å². The number of hydrogen-bond acceptors (Lipinski definition) is 6. The second-order valence-corrected chi connectivity index (χ2v) is 6.46. The van der Waals surface area contributed by atoms with E-state index in [1.165, 1.54) is 11.8 Å². The van der Waals surface area contributed by atoms with Crippen molar-refractivity contribution in [2.45, 2.75) is 12.1 Å². The summed E-state index contributed by atoms with van der Waals surface area (Å²) >= 11 is 1.35. The highest BCUT2D eigenvalue weighted by atomic mass is 32.2. The molecule has 0 aliphatic rings. The Bertz CT molecular complexity index is 893. The number of nitrogens with zero attached hydrogens (tertiary/aromatic N) is 4. The molecule has 0 bridgehead atoms. The number of hydrogen-bond donors (Lipinski definition) is 0. The molecule has 0 saturated heterocycles. The number of aryl methyl sites for hydroxylation is 1. The summed E-state index contributed by atoms with van der Waals surface area (Å²) in [4.78, 5) is 16.7. The van der Waals surface area contributed by atoms with Crippen molar-refractivity contribution >= 4 is 17.5 Å². The molecule has 2 heterocycles. The molecule has 1 aromatic carbocycles. The molecule has 25 heavy (non-hydrogen) atoms. The zero-order valence-corrected chi connectivity index (χ0v) is 15.1. The van der Waals surface area contributed by atoms with Crippen molar-refractivity contribution in [3.05, 3.63) is 53.9 Å². The van der Waals surface area contributed by atoms with Crippen molar-refractivity contribution in [3.63, 3.8) is 0 Å². The highest BCUT2D eigenvalue weighted by Crippen LogP contribution is 2.25. The van der Waals surface area contributed by atoms with E-state index in [0.717, 1.165) is 17.0 Å². The van der Waals surface area contributed by atoms with Gasteiger partial charge in [0.2, 0.25) is 0 Å². The minimum Gasteiger partial charge on any atom is -0.496 e. The largest absolute Gasteiger partial charge is 0.496 e. The molecular weight excluding hydrogens is 336 g/mol. The topological polar surface area (TPSA) is 69.9 Å². The second kappa shape index (κ2) is 7.48. The first kappa shape index (κ1) is 17.2. The molecule has 0 saturated carbocycles. The van der Waals surface area contributed by atoms with E-state index in [4.69, 9.17) is 4.74 Å². The van der Waals surface area contributed by atoms with Gasteiger partial charge in [0.1, 0.15) is 5.75 Å². The van der Waals surface area contributed by atoms with Crippen LogP contribution in [-0.2, 0) is 7.05 Å². The lowest BCUT2D eigenvalue weighted by Crippen LogP contribution is -2.06. The summed E-state index contributed by atoms with van der Waals surface area (Å²) in [6, 6.07) is 9.36. The van der Waals surface area contributed by atoms with Gasteiger partial charge in [0.05, 0.1) is 18.4 Å². The van der Waals surface area contributed by atoms with Gasteiger partial charge >= 0.3 is 0 Å². The molecule has 0 amide bonds. The number of methoxy groups -OCH3 is 1. The van der Waals surface area contributed by atoms with Crippen LogP contribution in [0.5, 0.6) is 5.75 Å². The van der Waals surface area contributed by atoms with Crippen LogP contribution in [0, 0.1) is 6.92 Å². The van der Waals surface area contributed by atoms with Crippen LogP contribution in [0.15, 0.2) is 47.9 Å². The van der Waals surface area contributed by atoms with Gasteiger partial charge in [-0.15, -0.1) is 10.2 Å². The summed E-state index contributed by atoms with van der Waals surface area (Å²) in [7, 11) is 3.44. The number of benzene rings is 1. The smallest absolute Gasteiger partial charge is 0.191 e. The van der Waals surface area contributed by atoms with Crippen LogP contribution >= 0.6 is 11.8 Å². The Morgan fingerprint density at radius 3 is 2.84 bits per heavy atom. The molecule has 0 unspecified atom stereocenters. The normalized spacial score (nSPS) is 10.7. The maximum Gasteiger partial charge on any atom is 0.191 e. The van der Waals surface area contributed by atoms with Crippen molar-refractivity contribution in [1.29, 1.82) is 0 Å². The minimum absolute atomic E-state index is 0.00326. The summed E-state index contributed by atoms with van der Waals surface area (Å²) < 4.78 is 7.15. The molecule has 0 spiro atoms. The van der Waals surface area contributed by atoms with E-state index in [2.05, 4.69) is 15.2 Å². The standard InChI is InChI=1S/C18H18N4O2S/c1-12-6-7-16(24-3)14(9-12)15(23)11-25-18-21-20-17(22(18)2)13-5-4-8-19-10-13/h4-10H,11H2,1-3H3. The van der Waals surface area contributed by atoms with E-state index >= 15 is 0 Å². The Hall–Kier alpha value is -2.67. The fraction of sp³-hybridized carbons (Fsp3) is 0.222. The third-order valence-electron chi connectivity index (χ3n) is 3.74. The molecule has 7 heteroatoms. The summed E-state index contributed by atoms with van der Waals surface area (Å²) in [5, 5.41) is 9.06. The van der Waals surface area contributed by atoms with Gasteiger partial charge in [-0.1, -0.05) is 23.4 Å². The van der Waals surface area contributed by atoms with Gasteiger partial charge in [-0.25, -0.2) is 0 Å². The summed E-state index contributed by atoms with van der Waals surface area (Å²) in [6.07, 6.45) is 3.45. The fourth-order valence-corrected chi connectivity index (χ4v) is 3.23. The lowest BCUT2D eigenvalue weighted by atomic mass is 10.1. The Morgan fingerprint density at radius 2 is 2.12 bits per heavy atom. The number of ketones is 1. The third kappa shape index (κ3) is 3.71. The van der Waals surface area contributed by atoms with Crippen LogP contribution in [0.25, 0.3) is 11.4 Å². The first-order valence-corrected chi connectivity index (χ1v) is 8.69. The predicted molar refractivity (Wildman–Crippen MR) is 97.0 cm³/mol. The third-order valence-corrected chi connectivity index (χ3v) is 4.76. The van der Waals surface area contributed by atoms with Gasteiger partial charge in [-0.3, -0.25) is 9.78 Å². The molecule has 0 aliphatic carbocycles. The van der Waals surface area contributed by atoms with E-state index in [9.17, 15) is 4.79 Å². The number of Topliss-reactive ketones (excluding diaryl/α,β-unsaturated/α-hetero) is 1. The van der Waals surface area contributed by atoms with Gasteiger partial charge in [-0.2, -0.15) is 0 Å². The SMILES string of the molecule is COc1ccc(C)cc1C(=O)CSc1nnc(-c2cccnc2)n1C. The zero-order chi connectivity index (χ0) is 17.8. The van der Waals surface area contributed by atoms with Crippen molar-refractivity contribution in [2.24, 2.45) is 7.05 Å². The summed E-state index contributed by atoms with van der Waals surface area (Å²) in [5.41, 5.74) is 2.49. The van der Waals surface area contributed by atoms with Crippen molar-refractivity contribution in [1.82, 2.24) is 19.7 Å². The second-order valence-electron chi connectivity index (χ2n) is 5.52. The van der Waals surface area contributed by atoms with Crippen LogP contribution in [0.4, 0.5) is 0 Å². The Morgan fingerprint density at radius 1 is 1.28 bits per heavy atom. The molecular formula is C18H18N4O2S. The van der Waals surface area contributed by atoms with E-state index in [1.807, 2.05) is 48.9 Å². The number of ether oxygens (including phenoxy) is 1. The fourth-order valence-electron chi connectivity index (χ4n) is 2.43. The summed E-state index contributed by atoms with van der Waals surface area (Å²) in [6.45, 7) is 1.95. The Balaban J connectivity index is 1.76. The lowest BCUT2D eigenvalue weighted by Gasteiger charge is -2.08. The maximum atomic E-state index is 12.6. The van der Waals surface area contributed by atoms with Crippen LogP contribution in [0.2, 0.25) is 0 Å². The molecule has 3 rings (SSSR count). The molecule has 2 aromatic heterocycles. The summed E-state index contributed by atoms with van der Waals surface area (Å²) in [5.74, 6) is 1.57. The minimum atomic E-state index is -0.00326. The van der Waals surface area contributed by atoms with Gasteiger partial charge in [0.15, 0.2) is 16.8 Å². The van der Waals surface area contributed by atoms with Gasteiger partial charge < -0.3 is 9.30 Å². The van der Waals surface area contributed by atoms with Gasteiger partial charge in [0.25, 0.3) is 0 Å². The number of thioether (sulfide) groups is 1. The molecule has 0 fully saturated rings. The maximum absolute atomic E-state index is 12.6. The molecule has 128 valence electrons. The van der Waals surface area contributed by atoms with Crippen LogP contribution in [-0.4, -0.2) is 38.4 Å². The molecule has 0 radical (unpaired) electrons. The van der Waals surface area contributed by atoms with Crippen molar-refractivity contribution in [3.8, 4) is 17.1 Å². The van der Waals surface area contributed by atoms with Gasteiger partial charge in [0, 0.05) is 25.0 Å². The molecule has 3 aromatic rings. The Labute approximate surface area is 150 Å². The van der Waals surface area contributed by atoms with Crippen LogP contribution < -0.4 is 4.74 Å². The highest BCUT2D eigenvalue weighted by molar-refractivity contribution is 7.99. The van der Waals surface area contributed by atoms with Crippen LogP contribution in [0.3, 0.4) is 0 Å². The zero-order valence-electron chi connectivity index (χ0n) is 14.3. The molecule has 0 N–H and O–H groups in total. The number of aromatic nitrogens is 4. The monoisotopic (exact) mass is 354 g/mol. The average Bonchev–Trinajstić information content (AvgIpc) is 3.01. The molecule has 6 nitrogen and oxygen atoms in total. The van der Waals surface area contributed by atoms with Gasteiger partial charge in [-0.05, 0) is 31.2 Å². The number of rotatable bonds is 6. The van der Waals surface area contributed by atoms with Crippen molar-refractivity contribution in [2.75, 3.05) is 12.9 Å². The molecule has 0 atom stereocenters. The van der Waals surface area contributed by atoms with E-state index < -0.39 is 0 Å². The Kier molecular flexibility index (Phi) is 5.14.